The van der Waals surface area contributed by atoms with Crippen LogP contribution in [0.2, 0.25) is 0 Å². The zero-order valence-corrected chi connectivity index (χ0v) is 21.1. The summed E-state index contributed by atoms with van der Waals surface area (Å²) in [6.45, 7) is -1.11. The summed E-state index contributed by atoms with van der Waals surface area (Å²) in [6.07, 6.45) is -4.07. The van der Waals surface area contributed by atoms with Crippen molar-refractivity contribution in [3.63, 3.8) is 0 Å². The number of nitrogens with zero attached hydrogens (tertiary/aromatic N) is 5. The number of amides is 3. The number of aromatic nitrogens is 2. The Kier molecular flexibility index (Phi) is 7.17. The van der Waals surface area contributed by atoms with Gasteiger partial charge in [-0.05, 0) is 18.9 Å². The van der Waals surface area contributed by atoms with Gasteiger partial charge >= 0.3 is 17.9 Å². The lowest BCUT2D eigenvalue weighted by molar-refractivity contribution is -0.133. The molecular formula is C27H24F3N7O3. The van der Waals surface area contributed by atoms with E-state index in [0.717, 1.165) is 0 Å². The molecule has 1 atom stereocenters. The summed E-state index contributed by atoms with van der Waals surface area (Å²) in [5.74, 6) is -1.01. The number of carbonyl (C=O) groups is 2. The fourth-order valence-corrected chi connectivity index (χ4v) is 4.99. The zero-order valence-electron chi connectivity index (χ0n) is 21.1. The van der Waals surface area contributed by atoms with Gasteiger partial charge in [-0.3, -0.25) is 19.2 Å². The number of nitriles is 1. The number of fused-ring (bicyclic) bond motifs is 1. The summed E-state index contributed by atoms with van der Waals surface area (Å²) in [5, 5.41) is 11.5. The van der Waals surface area contributed by atoms with E-state index in [9.17, 15) is 27.6 Å². The highest BCUT2D eigenvalue weighted by Gasteiger charge is 2.40. The second-order valence-electron chi connectivity index (χ2n) is 9.46. The molecule has 2 aliphatic heterocycles. The van der Waals surface area contributed by atoms with Gasteiger partial charge in [-0.2, -0.15) is 18.4 Å². The molecule has 1 aromatic heterocycles. The highest BCUT2D eigenvalue weighted by atomic mass is 19.4. The zero-order chi connectivity index (χ0) is 28.4. The van der Waals surface area contributed by atoms with E-state index in [0.29, 0.717) is 28.9 Å². The van der Waals surface area contributed by atoms with Gasteiger partial charge in [0.1, 0.15) is 18.3 Å². The number of carbonyl (C=O) groups excluding carboxylic acids is 2. The summed E-state index contributed by atoms with van der Waals surface area (Å²) in [4.78, 5) is 47.9. The monoisotopic (exact) mass is 551 g/mol. The van der Waals surface area contributed by atoms with E-state index in [1.165, 1.54) is 27.8 Å². The smallest absolute Gasteiger partial charge is 0.325 e. The molecule has 1 fully saturated rings. The first-order valence-electron chi connectivity index (χ1n) is 12.5. The lowest BCUT2D eigenvalue weighted by atomic mass is 10.0. The highest BCUT2D eigenvalue weighted by Crippen LogP contribution is 2.31. The number of para-hydroxylation sites is 1. The first-order chi connectivity index (χ1) is 19.1. The lowest BCUT2D eigenvalue weighted by Gasteiger charge is -2.33. The van der Waals surface area contributed by atoms with Crippen molar-refractivity contribution in [1.29, 1.82) is 5.26 Å². The fraction of sp³-hybridized carbons (Fsp3) is 0.296. The molecule has 1 saturated heterocycles. The number of urea groups is 1. The van der Waals surface area contributed by atoms with Crippen LogP contribution in [0.25, 0.3) is 0 Å². The minimum Gasteiger partial charge on any atom is -0.325 e. The average Bonchev–Trinajstić information content (AvgIpc) is 3.29. The molecule has 0 bridgehead atoms. The normalized spacial score (nSPS) is 18.0. The minimum atomic E-state index is -4.70. The van der Waals surface area contributed by atoms with E-state index in [4.69, 9.17) is 5.26 Å². The second kappa shape index (κ2) is 10.7. The minimum absolute atomic E-state index is 0.0404. The Morgan fingerprint density at radius 1 is 1.07 bits per heavy atom. The van der Waals surface area contributed by atoms with Crippen LogP contribution in [0, 0.1) is 11.3 Å². The molecule has 5 rings (SSSR count). The van der Waals surface area contributed by atoms with E-state index in [1.807, 2.05) is 6.07 Å². The molecule has 0 radical (unpaired) electrons. The number of nitrogens with one attached hydrogen (secondary N) is 2. The predicted octanol–water partition coefficient (Wildman–Crippen LogP) is 3.17. The molecule has 3 amide bonds. The third kappa shape index (κ3) is 5.47. The van der Waals surface area contributed by atoms with Crippen LogP contribution in [0.4, 0.5) is 23.7 Å². The van der Waals surface area contributed by atoms with Crippen molar-refractivity contribution >= 4 is 23.3 Å². The standard InChI is InChI=1S/C27H24F3N7O3/c28-27(29,30)16-37-21-9-5-4-8-20(21)22(17-6-2-1-3-7-17)33-23(24(37)38)34-25(39)35-12-10-19(11-13-35)36-15-18(14-31)32-26(36)40/h1-9,15,19,23H,10-13,16H2,(H,32,40)(H,34,39)/t23-/m0/s1. The highest BCUT2D eigenvalue weighted by molar-refractivity contribution is 6.20. The van der Waals surface area contributed by atoms with Crippen LogP contribution in [0.3, 0.4) is 0 Å². The van der Waals surface area contributed by atoms with Crippen molar-refractivity contribution in [2.45, 2.75) is 31.2 Å². The number of likely N-dealkylation sites (tertiary alicyclic amines) is 1. The van der Waals surface area contributed by atoms with Crippen LogP contribution in [0.5, 0.6) is 0 Å². The molecule has 2 aromatic carbocycles. The van der Waals surface area contributed by atoms with Crippen LogP contribution < -0.4 is 15.9 Å². The van der Waals surface area contributed by atoms with Crippen LogP contribution >= 0.6 is 0 Å². The van der Waals surface area contributed by atoms with Gasteiger partial charge in [0, 0.05) is 36.5 Å². The average molecular weight is 552 g/mol. The van der Waals surface area contributed by atoms with E-state index in [2.05, 4.69) is 15.3 Å². The molecule has 13 heteroatoms. The summed E-state index contributed by atoms with van der Waals surface area (Å²) in [7, 11) is 0. The number of hydrogen-bond acceptors (Lipinski definition) is 5. The van der Waals surface area contributed by atoms with Crippen molar-refractivity contribution in [2.75, 3.05) is 24.5 Å². The number of halogens is 3. The first-order valence-corrected chi connectivity index (χ1v) is 12.5. The molecule has 0 saturated carbocycles. The maximum atomic E-state index is 13.6. The second-order valence-corrected chi connectivity index (χ2v) is 9.46. The van der Waals surface area contributed by atoms with Gasteiger partial charge in [-0.15, -0.1) is 0 Å². The molecule has 0 unspecified atom stereocenters. The van der Waals surface area contributed by atoms with Crippen LogP contribution in [0.1, 0.15) is 35.7 Å². The van der Waals surface area contributed by atoms with E-state index >= 15 is 0 Å². The molecule has 0 spiro atoms. The lowest BCUT2D eigenvalue weighted by Crippen LogP contribution is -2.54. The number of hydrogen-bond donors (Lipinski definition) is 2. The van der Waals surface area contributed by atoms with Gasteiger partial charge < -0.3 is 10.2 Å². The molecular weight excluding hydrogens is 527 g/mol. The maximum absolute atomic E-state index is 13.6. The third-order valence-electron chi connectivity index (χ3n) is 6.86. The predicted molar refractivity (Wildman–Crippen MR) is 139 cm³/mol. The molecule has 2 N–H and O–H groups in total. The molecule has 206 valence electrons. The van der Waals surface area contributed by atoms with Crippen molar-refractivity contribution < 1.29 is 22.8 Å². The van der Waals surface area contributed by atoms with Gasteiger partial charge in [0.05, 0.1) is 11.4 Å². The maximum Gasteiger partial charge on any atom is 0.406 e. The number of aliphatic imine (C=N–C) groups is 1. The fourth-order valence-electron chi connectivity index (χ4n) is 4.99. The Hall–Kier alpha value is -4.86. The molecule has 0 aliphatic carbocycles. The number of imidazole rings is 1. The van der Waals surface area contributed by atoms with Gasteiger partial charge in [-0.25, -0.2) is 14.6 Å². The Labute approximate surface area is 226 Å². The SMILES string of the molecule is N#Cc1cn(C2CCN(C(=O)N[C@@H]3N=C(c4ccccc4)c4ccccc4N(CC(F)(F)F)C3=O)CC2)c(=O)[nH]1. The number of anilines is 1. The Balaban J connectivity index is 1.41. The molecule has 3 aromatic rings. The topological polar surface area (TPSA) is 127 Å². The number of rotatable bonds is 4. The van der Waals surface area contributed by atoms with Crippen molar-refractivity contribution in [2.24, 2.45) is 4.99 Å². The number of H-pyrrole nitrogens is 1. The first kappa shape index (κ1) is 26.7. The van der Waals surface area contributed by atoms with Crippen LogP contribution in [-0.2, 0) is 4.79 Å². The van der Waals surface area contributed by atoms with Gasteiger partial charge in [0.25, 0.3) is 5.91 Å². The molecule has 10 nitrogen and oxygen atoms in total. The number of aromatic amines is 1. The number of benzodiazepines with no additional fused rings is 1. The van der Waals surface area contributed by atoms with E-state index in [-0.39, 0.29) is 36.2 Å². The van der Waals surface area contributed by atoms with Gasteiger partial charge in [0.15, 0.2) is 0 Å². The number of benzene rings is 2. The number of alkyl halides is 3. The Bertz CT molecular complexity index is 1550. The number of piperidine rings is 1. The van der Waals surface area contributed by atoms with Crippen LogP contribution in [-0.4, -0.2) is 64.1 Å². The molecule has 40 heavy (non-hydrogen) atoms. The summed E-state index contributed by atoms with van der Waals surface area (Å²) < 4.78 is 42.2. The van der Waals surface area contributed by atoms with Gasteiger partial charge in [0.2, 0.25) is 6.17 Å². The van der Waals surface area contributed by atoms with Gasteiger partial charge in [-0.1, -0.05) is 48.5 Å². The summed E-state index contributed by atoms with van der Waals surface area (Å²) >= 11 is 0. The summed E-state index contributed by atoms with van der Waals surface area (Å²) in [6, 6.07) is 15.9. The van der Waals surface area contributed by atoms with Crippen molar-refractivity contribution in [1.82, 2.24) is 19.8 Å². The van der Waals surface area contributed by atoms with Crippen LogP contribution in [0.15, 0.2) is 70.6 Å². The summed E-state index contributed by atoms with van der Waals surface area (Å²) in [5.41, 5.74) is 0.934. The van der Waals surface area contributed by atoms with Crippen molar-refractivity contribution in [3.05, 3.63) is 88.1 Å². The third-order valence-corrected chi connectivity index (χ3v) is 6.86. The largest absolute Gasteiger partial charge is 0.406 e. The Morgan fingerprint density at radius 3 is 2.40 bits per heavy atom. The van der Waals surface area contributed by atoms with E-state index in [1.54, 1.807) is 42.5 Å². The quantitative estimate of drug-likeness (QED) is 0.517. The van der Waals surface area contributed by atoms with E-state index < -0.39 is 36.5 Å². The molecule has 2 aliphatic rings. The van der Waals surface area contributed by atoms with Crippen molar-refractivity contribution in [3.8, 4) is 6.07 Å². The molecule has 3 heterocycles. The Morgan fingerprint density at radius 2 is 1.75 bits per heavy atom.